The molecule has 1 aromatic rings. The second kappa shape index (κ2) is 6.11. The highest BCUT2D eigenvalue weighted by molar-refractivity contribution is 6.33. The third-order valence-electron chi connectivity index (χ3n) is 4.09. The summed E-state index contributed by atoms with van der Waals surface area (Å²) in [6, 6.07) is 0. The minimum Gasteiger partial charge on any atom is -0.394 e. The highest BCUT2D eigenvalue weighted by Gasteiger charge is 2.29. The fourth-order valence-corrected chi connectivity index (χ4v) is 2.69. The normalized spacial score (nSPS) is 18.3. The van der Waals surface area contributed by atoms with Crippen LogP contribution in [0.3, 0.4) is 0 Å². The summed E-state index contributed by atoms with van der Waals surface area (Å²) in [5.41, 5.74) is 0.478. The van der Waals surface area contributed by atoms with Gasteiger partial charge in [0.05, 0.1) is 25.0 Å². The number of hydrogen-bond donors (Lipinski definition) is 2. The molecule has 0 spiro atoms. The van der Waals surface area contributed by atoms with E-state index in [-0.39, 0.29) is 29.3 Å². The highest BCUT2D eigenvalue weighted by Crippen LogP contribution is 2.28. The van der Waals surface area contributed by atoms with Crippen LogP contribution in [0.5, 0.6) is 0 Å². The van der Waals surface area contributed by atoms with Crippen molar-refractivity contribution in [1.29, 1.82) is 0 Å². The van der Waals surface area contributed by atoms with Gasteiger partial charge in [0, 0.05) is 18.6 Å². The van der Waals surface area contributed by atoms with Crippen molar-refractivity contribution in [3.63, 3.8) is 0 Å². The van der Waals surface area contributed by atoms with Crippen molar-refractivity contribution in [2.45, 2.75) is 31.8 Å². The smallest absolute Gasteiger partial charge is 0.287 e. The molecule has 0 bridgehead atoms. The van der Waals surface area contributed by atoms with Crippen LogP contribution >= 0.6 is 11.6 Å². The van der Waals surface area contributed by atoms with E-state index in [1.54, 1.807) is 6.20 Å². The van der Waals surface area contributed by atoms with E-state index in [0.29, 0.717) is 5.69 Å². The number of nitrogens with zero attached hydrogens (tertiary/aromatic N) is 3. The van der Waals surface area contributed by atoms with Gasteiger partial charge in [0.25, 0.3) is 5.56 Å². The first-order valence-corrected chi connectivity index (χ1v) is 7.19. The zero-order chi connectivity index (χ0) is 14.8. The van der Waals surface area contributed by atoms with Crippen molar-refractivity contribution < 1.29 is 5.11 Å². The van der Waals surface area contributed by atoms with Crippen LogP contribution in [0.15, 0.2) is 11.0 Å². The first kappa shape index (κ1) is 15.3. The van der Waals surface area contributed by atoms with Crippen molar-refractivity contribution in [2.75, 3.05) is 31.6 Å². The van der Waals surface area contributed by atoms with Gasteiger partial charge in [-0.1, -0.05) is 11.6 Å². The molecule has 0 aromatic carbocycles. The van der Waals surface area contributed by atoms with Crippen LogP contribution in [0.4, 0.5) is 5.69 Å². The lowest BCUT2D eigenvalue weighted by atomic mass is 9.90. The maximum absolute atomic E-state index is 12.0. The molecule has 0 aliphatic carbocycles. The molecule has 1 aliphatic heterocycles. The summed E-state index contributed by atoms with van der Waals surface area (Å²) in [5.74, 6) is 0. The molecule has 0 unspecified atom stereocenters. The maximum atomic E-state index is 12.0. The molecule has 112 valence electrons. The van der Waals surface area contributed by atoms with Crippen molar-refractivity contribution in [3.05, 3.63) is 21.6 Å². The molecular weight excluding hydrogens is 280 g/mol. The van der Waals surface area contributed by atoms with Gasteiger partial charge >= 0.3 is 0 Å². The summed E-state index contributed by atoms with van der Waals surface area (Å²) in [4.78, 5) is 14.1. The monoisotopic (exact) mass is 300 g/mol. The molecule has 1 fully saturated rings. The second-order valence-corrected chi connectivity index (χ2v) is 5.77. The topological polar surface area (TPSA) is 70.4 Å². The summed E-state index contributed by atoms with van der Waals surface area (Å²) in [6.45, 7) is 3.90. The van der Waals surface area contributed by atoms with Gasteiger partial charge in [-0.15, -0.1) is 0 Å². The number of halogens is 1. The third kappa shape index (κ3) is 2.97. The van der Waals surface area contributed by atoms with Gasteiger partial charge in [-0.3, -0.25) is 4.79 Å². The Morgan fingerprint density at radius 2 is 2.15 bits per heavy atom. The first-order valence-electron chi connectivity index (χ1n) is 6.81. The number of aliphatic hydroxyl groups excluding tert-OH is 1. The molecule has 6 nitrogen and oxygen atoms in total. The highest BCUT2D eigenvalue weighted by atomic mass is 35.5. The molecule has 0 radical (unpaired) electrons. The molecule has 0 atom stereocenters. The van der Waals surface area contributed by atoms with Gasteiger partial charge < -0.3 is 15.3 Å². The fourth-order valence-electron chi connectivity index (χ4n) is 2.42. The molecular formula is C13H21ClN4O2. The molecule has 2 heterocycles. The zero-order valence-corrected chi connectivity index (χ0v) is 12.7. The summed E-state index contributed by atoms with van der Waals surface area (Å²) >= 11 is 6.16. The lowest BCUT2D eigenvalue weighted by Gasteiger charge is -2.40. The van der Waals surface area contributed by atoms with Crippen LogP contribution in [0.1, 0.15) is 19.8 Å². The first-order chi connectivity index (χ1) is 9.50. The van der Waals surface area contributed by atoms with Gasteiger partial charge in [-0.05, 0) is 26.8 Å². The average molecular weight is 301 g/mol. The molecule has 1 aliphatic rings. The van der Waals surface area contributed by atoms with Crippen LogP contribution < -0.4 is 15.8 Å². The van der Waals surface area contributed by atoms with Gasteiger partial charge in [-0.25, -0.2) is 4.68 Å². The lowest BCUT2D eigenvalue weighted by molar-refractivity contribution is 0.266. The number of aromatic nitrogens is 2. The molecule has 7 heteroatoms. The molecule has 20 heavy (non-hydrogen) atoms. The van der Waals surface area contributed by atoms with Crippen LogP contribution in [-0.4, -0.2) is 47.2 Å². The van der Waals surface area contributed by atoms with E-state index in [4.69, 9.17) is 16.7 Å². The Morgan fingerprint density at radius 1 is 1.50 bits per heavy atom. The van der Waals surface area contributed by atoms with Crippen LogP contribution in [0.25, 0.3) is 0 Å². The van der Waals surface area contributed by atoms with Crippen LogP contribution in [0.2, 0.25) is 5.02 Å². The summed E-state index contributed by atoms with van der Waals surface area (Å²) in [5, 5.41) is 16.5. The van der Waals surface area contributed by atoms with E-state index >= 15 is 0 Å². The SMILES string of the molecule is CNC1(C)CCN(c2cnn(CCO)c(=O)c2Cl)CC1. The Kier molecular flexibility index (Phi) is 4.67. The lowest BCUT2D eigenvalue weighted by Crippen LogP contribution is -2.50. The Bertz CT molecular complexity index is 524. The number of rotatable bonds is 4. The molecule has 1 aromatic heterocycles. The minimum atomic E-state index is -0.347. The van der Waals surface area contributed by atoms with Gasteiger partial charge in [0.2, 0.25) is 0 Å². The van der Waals surface area contributed by atoms with E-state index in [0.717, 1.165) is 25.9 Å². The Hall–Kier alpha value is -1.11. The quantitative estimate of drug-likeness (QED) is 0.846. The number of aliphatic hydroxyl groups is 1. The van der Waals surface area contributed by atoms with Crippen molar-refractivity contribution in [2.24, 2.45) is 0 Å². The molecule has 0 saturated carbocycles. The van der Waals surface area contributed by atoms with E-state index in [1.807, 2.05) is 7.05 Å². The zero-order valence-electron chi connectivity index (χ0n) is 11.9. The van der Waals surface area contributed by atoms with E-state index in [2.05, 4.69) is 22.2 Å². The van der Waals surface area contributed by atoms with Crippen molar-refractivity contribution in [3.8, 4) is 0 Å². The van der Waals surface area contributed by atoms with E-state index in [9.17, 15) is 4.79 Å². The Balaban J connectivity index is 2.19. The van der Waals surface area contributed by atoms with Crippen molar-refractivity contribution >= 4 is 17.3 Å². The van der Waals surface area contributed by atoms with Crippen LogP contribution in [-0.2, 0) is 6.54 Å². The average Bonchev–Trinajstić information content (AvgIpc) is 2.46. The van der Waals surface area contributed by atoms with Gasteiger partial charge in [-0.2, -0.15) is 5.10 Å². The number of piperidine rings is 1. The summed E-state index contributed by atoms with van der Waals surface area (Å²) < 4.78 is 1.19. The maximum Gasteiger partial charge on any atom is 0.287 e. The van der Waals surface area contributed by atoms with Gasteiger partial charge in [0.15, 0.2) is 0 Å². The molecule has 1 saturated heterocycles. The molecule has 0 amide bonds. The van der Waals surface area contributed by atoms with Crippen LogP contribution in [0, 0.1) is 0 Å². The summed E-state index contributed by atoms with van der Waals surface area (Å²) in [6.07, 6.45) is 3.58. The summed E-state index contributed by atoms with van der Waals surface area (Å²) in [7, 11) is 1.97. The number of anilines is 1. The Labute approximate surface area is 123 Å². The predicted molar refractivity (Wildman–Crippen MR) is 79.5 cm³/mol. The Morgan fingerprint density at radius 3 is 2.70 bits per heavy atom. The minimum absolute atomic E-state index is 0.132. The fraction of sp³-hybridized carbons (Fsp3) is 0.692. The largest absolute Gasteiger partial charge is 0.394 e. The third-order valence-corrected chi connectivity index (χ3v) is 4.44. The number of hydrogen-bond acceptors (Lipinski definition) is 5. The predicted octanol–water partition coefficient (Wildman–Crippen LogP) is 0.467. The number of nitrogens with one attached hydrogen (secondary N) is 1. The van der Waals surface area contributed by atoms with E-state index in [1.165, 1.54) is 4.68 Å². The standard InChI is InChI=1S/C13H21ClN4O2/c1-13(15-2)3-5-17(6-4-13)10-9-16-18(7-8-19)12(20)11(10)14/h9,15,19H,3-8H2,1-2H3. The van der Waals surface area contributed by atoms with Crippen molar-refractivity contribution in [1.82, 2.24) is 15.1 Å². The molecule has 2 rings (SSSR count). The van der Waals surface area contributed by atoms with E-state index < -0.39 is 0 Å². The molecule has 2 N–H and O–H groups in total. The second-order valence-electron chi connectivity index (χ2n) is 5.39. The van der Waals surface area contributed by atoms with Gasteiger partial charge in [0.1, 0.15) is 5.02 Å².